The van der Waals surface area contributed by atoms with Crippen LogP contribution < -0.4 is 10.2 Å². The van der Waals surface area contributed by atoms with Crippen molar-refractivity contribution in [2.75, 3.05) is 36.5 Å². The Bertz CT molecular complexity index is 474. The molecular formula is C14H17N3O. The molecule has 0 spiro atoms. The van der Waals surface area contributed by atoms with E-state index in [0.717, 1.165) is 38.3 Å². The van der Waals surface area contributed by atoms with Crippen LogP contribution in [0.3, 0.4) is 0 Å². The van der Waals surface area contributed by atoms with E-state index >= 15 is 0 Å². The summed E-state index contributed by atoms with van der Waals surface area (Å²) in [6.45, 7) is 3.78. The van der Waals surface area contributed by atoms with E-state index < -0.39 is 0 Å². The Hall–Kier alpha value is -1.73. The first-order valence-corrected chi connectivity index (χ1v) is 6.51. The van der Waals surface area contributed by atoms with Crippen LogP contribution in [0.15, 0.2) is 18.2 Å². The molecule has 4 heteroatoms. The van der Waals surface area contributed by atoms with Crippen LogP contribution in [0.5, 0.6) is 0 Å². The number of nitriles is 1. The highest BCUT2D eigenvalue weighted by Gasteiger charge is 2.23. The lowest BCUT2D eigenvalue weighted by Gasteiger charge is -2.33. The minimum absolute atomic E-state index is 0.367. The SMILES string of the molecule is N#Cc1ccc2c(c1)NCCN2CC1CCCO1. The first-order chi connectivity index (χ1) is 8.86. The Morgan fingerprint density at radius 1 is 1.50 bits per heavy atom. The number of anilines is 2. The highest BCUT2D eigenvalue weighted by atomic mass is 16.5. The average molecular weight is 243 g/mol. The van der Waals surface area contributed by atoms with Crippen molar-refractivity contribution in [3.63, 3.8) is 0 Å². The maximum absolute atomic E-state index is 8.92. The van der Waals surface area contributed by atoms with Gasteiger partial charge in [-0.15, -0.1) is 0 Å². The molecule has 2 aliphatic heterocycles. The van der Waals surface area contributed by atoms with Gasteiger partial charge in [0.1, 0.15) is 0 Å². The summed E-state index contributed by atoms with van der Waals surface area (Å²) in [7, 11) is 0. The molecule has 1 N–H and O–H groups in total. The summed E-state index contributed by atoms with van der Waals surface area (Å²) in [5, 5.41) is 12.3. The summed E-state index contributed by atoms with van der Waals surface area (Å²) in [6.07, 6.45) is 2.71. The summed E-state index contributed by atoms with van der Waals surface area (Å²) in [6, 6.07) is 8.03. The van der Waals surface area contributed by atoms with Crippen molar-refractivity contribution in [3.05, 3.63) is 23.8 Å². The van der Waals surface area contributed by atoms with Gasteiger partial charge >= 0.3 is 0 Å². The van der Waals surface area contributed by atoms with Crippen LogP contribution in [-0.2, 0) is 4.74 Å². The van der Waals surface area contributed by atoms with Crippen molar-refractivity contribution in [3.8, 4) is 6.07 Å². The number of fused-ring (bicyclic) bond motifs is 1. The number of rotatable bonds is 2. The lowest BCUT2D eigenvalue weighted by atomic mass is 10.1. The molecule has 0 bridgehead atoms. The van der Waals surface area contributed by atoms with Crippen molar-refractivity contribution in [1.29, 1.82) is 5.26 Å². The Labute approximate surface area is 107 Å². The first-order valence-electron chi connectivity index (χ1n) is 6.51. The second-order valence-corrected chi connectivity index (χ2v) is 4.85. The van der Waals surface area contributed by atoms with E-state index in [-0.39, 0.29) is 0 Å². The number of hydrogen-bond acceptors (Lipinski definition) is 4. The minimum Gasteiger partial charge on any atom is -0.382 e. The van der Waals surface area contributed by atoms with Crippen LogP contribution in [0.2, 0.25) is 0 Å². The molecule has 1 fully saturated rings. The van der Waals surface area contributed by atoms with E-state index in [0.29, 0.717) is 11.7 Å². The fourth-order valence-electron chi connectivity index (χ4n) is 2.69. The number of nitrogens with zero attached hydrogens (tertiary/aromatic N) is 2. The predicted octanol–water partition coefficient (Wildman–Crippen LogP) is 1.97. The molecule has 94 valence electrons. The Kier molecular flexibility index (Phi) is 3.07. The maximum atomic E-state index is 8.92. The maximum Gasteiger partial charge on any atom is 0.0992 e. The molecule has 0 aliphatic carbocycles. The van der Waals surface area contributed by atoms with Gasteiger partial charge in [0.25, 0.3) is 0 Å². The standard InChI is InChI=1S/C14H17N3O/c15-9-11-3-4-14-13(8-11)16-5-6-17(14)10-12-2-1-7-18-12/h3-4,8,12,16H,1-2,5-7,10H2. The van der Waals surface area contributed by atoms with E-state index in [4.69, 9.17) is 10.00 Å². The Morgan fingerprint density at radius 3 is 3.22 bits per heavy atom. The van der Waals surface area contributed by atoms with E-state index in [9.17, 15) is 0 Å². The van der Waals surface area contributed by atoms with Crippen LogP contribution >= 0.6 is 0 Å². The van der Waals surface area contributed by atoms with E-state index in [1.807, 2.05) is 18.2 Å². The van der Waals surface area contributed by atoms with E-state index in [2.05, 4.69) is 16.3 Å². The summed E-state index contributed by atoms with van der Waals surface area (Å²) in [5.74, 6) is 0. The van der Waals surface area contributed by atoms with Gasteiger partial charge in [0, 0.05) is 26.2 Å². The van der Waals surface area contributed by atoms with Gasteiger partial charge in [-0.1, -0.05) is 0 Å². The van der Waals surface area contributed by atoms with Crippen LogP contribution in [0.25, 0.3) is 0 Å². The number of ether oxygens (including phenoxy) is 1. The fraction of sp³-hybridized carbons (Fsp3) is 0.500. The number of hydrogen-bond donors (Lipinski definition) is 1. The average Bonchev–Trinajstić information content (AvgIpc) is 2.91. The van der Waals surface area contributed by atoms with Gasteiger partial charge in [-0.2, -0.15) is 5.26 Å². The lowest BCUT2D eigenvalue weighted by Crippen LogP contribution is -2.39. The molecule has 0 amide bonds. The van der Waals surface area contributed by atoms with Crippen LogP contribution in [0, 0.1) is 11.3 Å². The summed E-state index contributed by atoms with van der Waals surface area (Å²) >= 11 is 0. The van der Waals surface area contributed by atoms with Gasteiger partial charge in [-0.05, 0) is 31.0 Å². The van der Waals surface area contributed by atoms with Crippen molar-refractivity contribution in [2.24, 2.45) is 0 Å². The van der Waals surface area contributed by atoms with Crippen molar-refractivity contribution in [1.82, 2.24) is 0 Å². The molecule has 2 aliphatic rings. The summed E-state index contributed by atoms with van der Waals surface area (Å²) in [5.41, 5.74) is 2.97. The summed E-state index contributed by atoms with van der Waals surface area (Å²) in [4.78, 5) is 2.36. The molecule has 2 heterocycles. The number of nitrogens with one attached hydrogen (secondary N) is 1. The topological polar surface area (TPSA) is 48.3 Å². The van der Waals surface area contributed by atoms with Gasteiger partial charge in [-0.3, -0.25) is 0 Å². The Morgan fingerprint density at radius 2 is 2.44 bits per heavy atom. The molecule has 4 nitrogen and oxygen atoms in total. The third-order valence-corrected chi connectivity index (χ3v) is 3.61. The molecule has 18 heavy (non-hydrogen) atoms. The molecule has 1 atom stereocenters. The molecule has 0 saturated carbocycles. The highest BCUT2D eigenvalue weighted by Crippen LogP contribution is 2.30. The van der Waals surface area contributed by atoms with Gasteiger partial charge in [-0.25, -0.2) is 0 Å². The zero-order valence-electron chi connectivity index (χ0n) is 10.4. The fourth-order valence-corrected chi connectivity index (χ4v) is 2.69. The zero-order valence-corrected chi connectivity index (χ0v) is 10.4. The predicted molar refractivity (Wildman–Crippen MR) is 70.8 cm³/mol. The second kappa shape index (κ2) is 4.87. The highest BCUT2D eigenvalue weighted by molar-refractivity contribution is 5.73. The van der Waals surface area contributed by atoms with Gasteiger partial charge in [0.15, 0.2) is 0 Å². The smallest absolute Gasteiger partial charge is 0.0992 e. The molecule has 1 aromatic rings. The van der Waals surface area contributed by atoms with Crippen LogP contribution in [-0.4, -0.2) is 32.3 Å². The number of benzene rings is 1. The molecule has 1 unspecified atom stereocenters. The quantitative estimate of drug-likeness (QED) is 0.862. The molecule has 0 aromatic heterocycles. The minimum atomic E-state index is 0.367. The van der Waals surface area contributed by atoms with E-state index in [1.54, 1.807) is 0 Å². The molecule has 3 rings (SSSR count). The van der Waals surface area contributed by atoms with Crippen molar-refractivity contribution < 1.29 is 4.74 Å². The lowest BCUT2D eigenvalue weighted by molar-refractivity contribution is 0.115. The largest absolute Gasteiger partial charge is 0.382 e. The van der Waals surface area contributed by atoms with Gasteiger partial charge in [0.2, 0.25) is 0 Å². The van der Waals surface area contributed by atoms with Crippen LogP contribution in [0.1, 0.15) is 18.4 Å². The Balaban J connectivity index is 1.80. The van der Waals surface area contributed by atoms with Crippen molar-refractivity contribution >= 4 is 11.4 Å². The van der Waals surface area contributed by atoms with Gasteiger partial charge < -0.3 is 15.0 Å². The zero-order chi connectivity index (χ0) is 12.4. The normalized spacial score (nSPS) is 22.2. The monoisotopic (exact) mass is 243 g/mol. The second-order valence-electron chi connectivity index (χ2n) is 4.85. The van der Waals surface area contributed by atoms with Crippen LogP contribution in [0.4, 0.5) is 11.4 Å². The molecule has 1 saturated heterocycles. The van der Waals surface area contributed by atoms with Gasteiger partial charge in [0.05, 0.1) is 29.1 Å². The molecule has 1 aromatic carbocycles. The van der Waals surface area contributed by atoms with Crippen molar-refractivity contribution in [2.45, 2.75) is 18.9 Å². The molecule has 0 radical (unpaired) electrons. The third-order valence-electron chi connectivity index (χ3n) is 3.61. The third kappa shape index (κ3) is 2.14. The first kappa shape index (κ1) is 11.4. The van der Waals surface area contributed by atoms with E-state index in [1.165, 1.54) is 12.1 Å². The molecular weight excluding hydrogens is 226 g/mol. The summed E-state index contributed by atoms with van der Waals surface area (Å²) < 4.78 is 5.70.